The van der Waals surface area contributed by atoms with E-state index in [-0.39, 0.29) is 0 Å². The van der Waals surface area contributed by atoms with Crippen LogP contribution < -0.4 is 0 Å². The number of rotatable bonds is 6. The van der Waals surface area contributed by atoms with Gasteiger partial charge in [0.1, 0.15) is 0 Å². The number of hydrogen-bond acceptors (Lipinski definition) is 6. The molecule has 8 heteroatoms. The van der Waals surface area contributed by atoms with Crippen LogP contribution in [0, 0.1) is 0 Å². The van der Waals surface area contributed by atoms with Crippen LogP contribution in [0.4, 0.5) is 0 Å². The van der Waals surface area contributed by atoms with E-state index in [0.717, 1.165) is 34.9 Å². The Morgan fingerprint density at radius 1 is 0.933 bits per heavy atom. The van der Waals surface area contributed by atoms with Gasteiger partial charge in [-0.15, -0.1) is 20.4 Å². The highest BCUT2D eigenvalue weighted by Crippen LogP contribution is 2.38. The summed E-state index contributed by atoms with van der Waals surface area (Å²) in [5, 5.41) is 18.9. The molecule has 0 bridgehead atoms. The molecule has 2 heterocycles. The van der Waals surface area contributed by atoms with Gasteiger partial charge in [0.2, 0.25) is 11.8 Å². The molecule has 1 saturated carbocycles. The summed E-state index contributed by atoms with van der Waals surface area (Å²) in [6.45, 7) is 0. The second-order valence-corrected chi connectivity index (χ2v) is 8.60. The first kappa shape index (κ1) is 19.3. The molecule has 152 valence electrons. The maximum atomic E-state index is 6.46. The molecule has 6 nitrogen and oxygen atoms in total. The average Bonchev–Trinajstić information content (AvgIpc) is 3.53. The monoisotopic (exact) mass is 437 g/mol. The smallest absolute Gasteiger partial charge is 0.247 e. The fourth-order valence-electron chi connectivity index (χ4n) is 3.83. The molecule has 2 aromatic heterocycles. The van der Waals surface area contributed by atoms with Crippen LogP contribution in [-0.4, -0.2) is 25.0 Å². The number of benzene rings is 2. The second-order valence-electron chi connectivity index (χ2n) is 7.25. The first-order chi connectivity index (χ1) is 14.8. The molecular weight excluding hydrogens is 418 g/mol. The maximum Gasteiger partial charge on any atom is 0.247 e. The summed E-state index contributed by atoms with van der Waals surface area (Å²) in [5.74, 6) is 2.46. The van der Waals surface area contributed by atoms with Crippen LogP contribution in [0.25, 0.3) is 22.8 Å². The molecule has 0 unspecified atom stereocenters. The van der Waals surface area contributed by atoms with Gasteiger partial charge in [0.15, 0.2) is 11.0 Å². The largest absolute Gasteiger partial charge is 0.420 e. The minimum absolute atomic E-state index is 0.385. The average molecular weight is 438 g/mol. The first-order valence-corrected chi connectivity index (χ1v) is 11.4. The normalized spacial score (nSPS) is 14.4. The number of halogens is 1. The fourth-order valence-corrected chi connectivity index (χ4v) is 4.89. The van der Waals surface area contributed by atoms with E-state index < -0.39 is 0 Å². The van der Waals surface area contributed by atoms with E-state index in [1.807, 2.05) is 54.6 Å². The van der Waals surface area contributed by atoms with E-state index >= 15 is 0 Å². The van der Waals surface area contributed by atoms with Gasteiger partial charge in [0, 0.05) is 17.2 Å². The first-order valence-electron chi connectivity index (χ1n) is 10.00. The number of aromatic nitrogens is 5. The van der Waals surface area contributed by atoms with Crippen LogP contribution >= 0.6 is 23.4 Å². The number of nitrogens with zero attached hydrogens (tertiary/aromatic N) is 5. The van der Waals surface area contributed by atoms with Crippen molar-refractivity contribution in [3.05, 3.63) is 65.5 Å². The highest BCUT2D eigenvalue weighted by Gasteiger charge is 2.26. The van der Waals surface area contributed by atoms with E-state index in [2.05, 4.69) is 25.0 Å². The van der Waals surface area contributed by atoms with Crippen molar-refractivity contribution >= 4 is 23.4 Å². The molecule has 0 amide bonds. The lowest BCUT2D eigenvalue weighted by molar-refractivity contribution is 0.484. The highest BCUT2D eigenvalue weighted by molar-refractivity contribution is 7.98. The number of thioether (sulfide) groups is 1. The topological polar surface area (TPSA) is 69.6 Å². The van der Waals surface area contributed by atoms with E-state index in [1.54, 1.807) is 11.8 Å². The molecule has 0 radical (unpaired) electrons. The molecule has 0 saturated heterocycles. The molecule has 0 N–H and O–H groups in total. The summed E-state index contributed by atoms with van der Waals surface area (Å²) in [4.78, 5) is 0. The molecular formula is C22H20ClN5OS. The molecule has 1 aliphatic carbocycles. The van der Waals surface area contributed by atoms with Crippen LogP contribution in [0.15, 0.2) is 64.2 Å². The zero-order valence-electron chi connectivity index (χ0n) is 16.2. The van der Waals surface area contributed by atoms with Crippen molar-refractivity contribution in [2.24, 2.45) is 0 Å². The summed E-state index contributed by atoms with van der Waals surface area (Å²) in [6.07, 6.45) is 4.70. The third-order valence-corrected chi connectivity index (χ3v) is 6.54. The minimum atomic E-state index is 0.385. The Morgan fingerprint density at radius 2 is 1.70 bits per heavy atom. The summed E-state index contributed by atoms with van der Waals surface area (Å²) in [7, 11) is 0. The van der Waals surface area contributed by atoms with Crippen LogP contribution in [0.1, 0.15) is 37.6 Å². The third-order valence-electron chi connectivity index (χ3n) is 5.28. The lowest BCUT2D eigenvalue weighted by Crippen LogP contribution is -2.08. The maximum absolute atomic E-state index is 6.46. The molecule has 0 spiro atoms. The Kier molecular flexibility index (Phi) is 5.55. The van der Waals surface area contributed by atoms with Gasteiger partial charge in [-0.25, -0.2) is 0 Å². The van der Waals surface area contributed by atoms with Gasteiger partial charge < -0.3 is 4.42 Å². The molecule has 0 aliphatic heterocycles. The van der Waals surface area contributed by atoms with Crippen LogP contribution in [0.5, 0.6) is 0 Å². The van der Waals surface area contributed by atoms with Crippen molar-refractivity contribution in [2.75, 3.05) is 0 Å². The van der Waals surface area contributed by atoms with E-state index in [4.69, 9.17) is 16.0 Å². The third kappa shape index (κ3) is 3.87. The Hall–Kier alpha value is -2.64. The van der Waals surface area contributed by atoms with Gasteiger partial charge in [0.25, 0.3) is 0 Å². The Balaban J connectivity index is 1.41. The van der Waals surface area contributed by atoms with Crippen LogP contribution in [-0.2, 0) is 5.75 Å². The van der Waals surface area contributed by atoms with Gasteiger partial charge in [-0.05, 0) is 37.1 Å². The molecule has 30 heavy (non-hydrogen) atoms. The molecule has 0 atom stereocenters. The van der Waals surface area contributed by atoms with Crippen molar-refractivity contribution in [1.82, 2.24) is 25.0 Å². The summed E-state index contributed by atoms with van der Waals surface area (Å²) >= 11 is 8.03. The quantitative estimate of drug-likeness (QED) is 0.341. The van der Waals surface area contributed by atoms with Gasteiger partial charge in [-0.1, -0.05) is 66.5 Å². The molecule has 5 rings (SSSR count). The minimum Gasteiger partial charge on any atom is -0.420 e. The van der Waals surface area contributed by atoms with Crippen molar-refractivity contribution in [1.29, 1.82) is 0 Å². The van der Waals surface area contributed by atoms with Crippen molar-refractivity contribution in [3.63, 3.8) is 0 Å². The second kappa shape index (κ2) is 8.62. The standard InChI is InChI=1S/C22H20ClN5OS/c23-18-13-7-6-12-17(18)20-25-27-22(28(20)16-10-4-5-11-16)30-14-19-24-26-21(29-19)15-8-2-1-3-9-15/h1-3,6-9,12-13,16H,4-5,10-11,14H2. The summed E-state index contributed by atoms with van der Waals surface area (Å²) < 4.78 is 8.09. The summed E-state index contributed by atoms with van der Waals surface area (Å²) in [6, 6.07) is 18.0. The van der Waals surface area contributed by atoms with Gasteiger partial charge in [-0.3, -0.25) is 4.57 Å². The predicted molar refractivity (Wildman–Crippen MR) is 117 cm³/mol. The zero-order valence-corrected chi connectivity index (χ0v) is 17.8. The van der Waals surface area contributed by atoms with Gasteiger partial charge >= 0.3 is 0 Å². The zero-order chi connectivity index (χ0) is 20.3. The molecule has 4 aromatic rings. The molecule has 2 aromatic carbocycles. The van der Waals surface area contributed by atoms with E-state index in [1.165, 1.54) is 12.8 Å². The van der Waals surface area contributed by atoms with E-state index in [9.17, 15) is 0 Å². The highest BCUT2D eigenvalue weighted by atomic mass is 35.5. The SMILES string of the molecule is Clc1ccccc1-c1nnc(SCc2nnc(-c3ccccc3)o2)n1C1CCCC1. The molecule has 1 aliphatic rings. The van der Waals surface area contributed by atoms with Crippen molar-refractivity contribution in [2.45, 2.75) is 42.6 Å². The predicted octanol–water partition coefficient (Wildman–Crippen LogP) is 6.06. The lowest BCUT2D eigenvalue weighted by Gasteiger charge is -2.17. The van der Waals surface area contributed by atoms with Crippen molar-refractivity contribution in [3.8, 4) is 22.8 Å². The Bertz CT molecular complexity index is 1140. The van der Waals surface area contributed by atoms with Crippen LogP contribution in [0.2, 0.25) is 5.02 Å². The Labute approximate surface area is 183 Å². The van der Waals surface area contributed by atoms with Crippen molar-refractivity contribution < 1.29 is 4.42 Å². The lowest BCUT2D eigenvalue weighted by atomic mass is 10.2. The summed E-state index contributed by atoms with van der Waals surface area (Å²) in [5.41, 5.74) is 1.82. The fraction of sp³-hybridized carbons (Fsp3) is 0.273. The van der Waals surface area contributed by atoms with E-state index in [0.29, 0.717) is 28.6 Å². The number of hydrogen-bond donors (Lipinski definition) is 0. The Morgan fingerprint density at radius 3 is 2.50 bits per heavy atom. The van der Waals surface area contributed by atoms with Crippen LogP contribution in [0.3, 0.4) is 0 Å². The van der Waals surface area contributed by atoms with Gasteiger partial charge in [0.05, 0.1) is 10.8 Å². The van der Waals surface area contributed by atoms with Gasteiger partial charge in [-0.2, -0.15) is 0 Å². The molecule has 1 fully saturated rings.